The van der Waals surface area contributed by atoms with E-state index < -0.39 is 17.1 Å². The fraction of sp³-hybridized carbons (Fsp3) is 0.219. The van der Waals surface area contributed by atoms with Gasteiger partial charge in [-0.1, -0.05) is 18.2 Å². The van der Waals surface area contributed by atoms with Crippen LogP contribution in [-0.2, 0) is 7.05 Å². The molecule has 5 aromatic rings. The molecule has 2 heterocycles. The molecule has 216 valence electrons. The summed E-state index contributed by atoms with van der Waals surface area (Å²) in [6.45, 7) is 5.14. The zero-order valence-corrected chi connectivity index (χ0v) is 24.0. The van der Waals surface area contributed by atoms with E-state index in [4.69, 9.17) is 14.2 Å². The molecule has 2 N–H and O–H groups in total. The molecule has 0 spiro atoms. The van der Waals surface area contributed by atoms with Gasteiger partial charge in [-0.2, -0.15) is 0 Å². The van der Waals surface area contributed by atoms with E-state index >= 15 is 0 Å². The van der Waals surface area contributed by atoms with Crippen LogP contribution < -0.4 is 25.1 Å². The molecular weight excluding hydrogens is 536 g/mol. The predicted octanol–water partition coefficient (Wildman–Crippen LogP) is 5.24. The van der Waals surface area contributed by atoms with E-state index in [1.54, 1.807) is 81.2 Å². The lowest BCUT2D eigenvalue weighted by atomic mass is 10.1. The fourth-order valence-electron chi connectivity index (χ4n) is 4.50. The summed E-state index contributed by atoms with van der Waals surface area (Å²) in [7, 11) is 3.28. The summed E-state index contributed by atoms with van der Waals surface area (Å²) in [5.74, 6) is 1.52. The molecule has 0 aliphatic heterocycles. The minimum Gasteiger partial charge on any atom is -0.493 e. The first-order chi connectivity index (χ1) is 20.1. The Morgan fingerprint density at radius 3 is 2.38 bits per heavy atom. The van der Waals surface area contributed by atoms with Gasteiger partial charge >= 0.3 is 0 Å². The standard InChI is InChI=1S/C32H32N4O6/c1-20-29(31(38)36(35(20)4)22-9-7-6-8-10-22)30(37)34-21-11-13-23(14-12-21)42-26-15-16-33-25-18-28(41-19-32(2,3)39)27(40-5)17-24(25)26/h6-18,39H,19H2,1-5H3,(H,34,37). The number of ether oxygens (including phenoxy) is 3. The van der Waals surface area contributed by atoms with E-state index in [1.165, 1.54) is 11.8 Å². The van der Waals surface area contributed by atoms with Crippen molar-refractivity contribution in [3.63, 3.8) is 0 Å². The van der Waals surface area contributed by atoms with E-state index in [1.807, 2.05) is 30.3 Å². The van der Waals surface area contributed by atoms with Gasteiger partial charge in [0.25, 0.3) is 11.5 Å². The number of benzene rings is 3. The van der Waals surface area contributed by atoms with Crippen LogP contribution in [0.25, 0.3) is 16.6 Å². The van der Waals surface area contributed by atoms with Crippen LogP contribution in [0.15, 0.2) is 83.8 Å². The zero-order valence-electron chi connectivity index (χ0n) is 24.0. The molecule has 0 unspecified atom stereocenters. The molecule has 42 heavy (non-hydrogen) atoms. The number of nitrogens with one attached hydrogen (secondary N) is 1. The summed E-state index contributed by atoms with van der Waals surface area (Å²) in [6, 6.07) is 21.3. The molecule has 3 aromatic carbocycles. The van der Waals surface area contributed by atoms with E-state index in [9.17, 15) is 14.7 Å². The first-order valence-corrected chi connectivity index (χ1v) is 13.3. The first kappa shape index (κ1) is 28.4. The number of anilines is 1. The normalized spacial score (nSPS) is 11.4. The summed E-state index contributed by atoms with van der Waals surface area (Å²) in [5, 5.41) is 13.6. The number of carbonyl (C=O) groups excluding carboxylic acids is 1. The lowest BCUT2D eigenvalue weighted by Gasteiger charge is -2.19. The fourth-order valence-corrected chi connectivity index (χ4v) is 4.50. The zero-order chi connectivity index (χ0) is 30.0. The van der Waals surface area contributed by atoms with E-state index in [0.717, 1.165) is 0 Å². The number of amides is 1. The third kappa shape index (κ3) is 5.84. The van der Waals surface area contributed by atoms with E-state index in [0.29, 0.717) is 51.0 Å². The van der Waals surface area contributed by atoms with Crippen molar-refractivity contribution in [3.8, 4) is 28.7 Å². The summed E-state index contributed by atoms with van der Waals surface area (Å²) in [5.41, 5.74) is 1.03. The molecule has 0 saturated heterocycles. The number of hydrogen-bond donors (Lipinski definition) is 2. The Labute approximate surface area is 242 Å². The molecular formula is C32H32N4O6. The number of para-hydroxylation sites is 1. The van der Waals surface area contributed by atoms with Gasteiger partial charge < -0.3 is 24.6 Å². The summed E-state index contributed by atoms with van der Waals surface area (Å²) in [4.78, 5) is 30.8. The second-order valence-corrected chi connectivity index (χ2v) is 10.4. The van der Waals surface area contributed by atoms with Gasteiger partial charge in [0.05, 0.1) is 29.6 Å². The molecule has 0 atom stereocenters. The van der Waals surface area contributed by atoms with Crippen LogP contribution in [0.3, 0.4) is 0 Å². The second kappa shape index (κ2) is 11.4. The monoisotopic (exact) mass is 568 g/mol. The number of hydrogen-bond acceptors (Lipinski definition) is 7. The van der Waals surface area contributed by atoms with Crippen LogP contribution in [0.2, 0.25) is 0 Å². The average molecular weight is 569 g/mol. The quantitative estimate of drug-likeness (QED) is 0.250. The van der Waals surface area contributed by atoms with E-state index in [2.05, 4.69) is 10.3 Å². The average Bonchev–Trinajstić information content (AvgIpc) is 3.19. The molecule has 1 amide bonds. The number of fused-ring (bicyclic) bond motifs is 1. The maximum atomic E-state index is 13.2. The number of methoxy groups -OCH3 is 1. The third-order valence-electron chi connectivity index (χ3n) is 6.69. The van der Waals surface area contributed by atoms with Crippen molar-refractivity contribution in [3.05, 3.63) is 101 Å². The molecule has 0 saturated carbocycles. The number of aromatic nitrogens is 3. The van der Waals surface area contributed by atoms with Crippen LogP contribution >= 0.6 is 0 Å². The maximum Gasteiger partial charge on any atom is 0.284 e. The van der Waals surface area contributed by atoms with Gasteiger partial charge in [0, 0.05) is 30.4 Å². The highest BCUT2D eigenvalue weighted by Gasteiger charge is 2.22. The van der Waals surface area contributed by atoms with Crippen molar-refractivity contribution in [2.75, 3.05) is 19.0 Å². The van der Waals surface area contributed by atoms with Crippen molar-refractivity contribution in [2.45, 2.75) is 26.4 Å². The molecule has 10 heteroatoms. The van der Waals surface area contributed by atoms with Crippen molar-refractivity contribution >= 4 is 22.5 Å². The Morgan fingerprint density at radius 1 is 1.00 bits per heavy atom. The number of pyridine rings is 1. The van der Waals surface area contributed by atoms with E-state index in [-0.39, 0.29) is 12.2 Å². The lowest BCUT2D eigenvalue weighted by Crippen LogP contribution is -2.27. The van der Waals surface area contributed by atoms with Crippen molar-refractivity contribution in [1.29, 1.82) is 0 Å². The Balaban J connectivity index is 1.35. The SMILES string of the molecule is COc1cc2c(Oc3ccc(NC(=O)c4c(C)n(C)n(-c5ccccc5)c4=O)cc3)ccnc2cc1OCC(C)(C)O. The van der Waals surface area contributed by atoms with Gasteiger partial charge in [0.1, 0.15) is 23.7 Å². The van der Waals surface area contributed by atoms with Crippen LogP contribution in [0.4, 0.5) is 5.69 Å². The van der Waals surface area contributed by atoms with Gasteiger partial charge in [-0.3, -0.25) is 19.3 Å². The summed E-state index contributed by atoms with van der Waals surface area (Å²) >= 11 is 0. The highest BCUT2D eigenvalue weighted by molar-refractivity contribution is 6.05. The smallest absolute Gasteiger partial charge is 0.284 e. The number of nitrogens with zero attached hydrogens (tertiary/aromatic N) is 3. The topological polar surface area (TPSA) is 117 Å². The number of rotatable bonds is 9. The largest absolute Gasteiger partial charge is 0.493 e. The van der Waals surface area contributed by atoms with Crippen LogP contribution in [-0.4, -0.2) is 44.7 Å². The molecule has 0 aliphatic rings. The predicted molar refractivity (Wildman–Crippen MR) is 160 cm³/mol. The maximum absolute atomic E-state index is 13.2. The van der Waals surface area contributed by atoms with Gasteiger partial charge in [0.2, 0.25) is 0 Å². The molecule has 10 nitrogen and oxygen atoms in total. The van der Waals surface area contributed by atoms with Crippen LogP contribution in [0.1, 0.15) is 29.9 Å². The summed E-state index contributed by atoms with van der Waals surface area (Å²) < 4.78 is 20.6. The van der Waals surface area contributed by atoms with Crippen LogP contribution in [0, 0.1) is 6.92 Å². The summed E-state index contributed by atoms with van der Waals surface area (Å²) in [6.07, 6.45) is 1.63. The van der Waals surface area contributed by atoms with Crippen molar-refractivity contribution in [2.24, 2.45) is 7.05 Å². The Kier molecular flexibility index (Phi) is 7.73. The Bertz CT molecular complexity index is 1800. The highest BCUT2D eigenvalue weighted by atomic mass is 16.5. The molecule has 5 rings (SSSR count). The minimum atomic E-state index is -1.01. The molecule has 0 bridgehead atoms. The minimum absolute atomic E-state index is 0.0739. The van der Waals surface area contributed by atoms with Crippen molar-refractivity contribution in [1.82, 2.24) is 14.3 Å². The molecule has 2 aromatic heterocycles. The molecule has 0 radical (unpaired) electrons. The Morgan fingerprint density at radius 2 is 1.71 bits per heavy atom. The van der Waals surface area contributed by atoms with Gasteiger partial charge in [-0.05, 0) is 69.3 Å². The Hall–Kier alpha value is -5.09. The van der Waals surface area contributed by atoms with Gasteiger partial charge in [-0.15, -0.1) is 0 Å². The molecule has 0 fully saturated rings. The number of carbonyl (C=O) groups is 1. The van der Waals surface area contributed by atoms with Crippen molar-refractivity contribution < 1.29 is 24.1 Å². The number of aliphatic hydroxyl groups is 1. The molecule has 0 aliphatic carbocycles. The van der Waals surface area contributed by atoms with Crippen LogP contribution in [0.5, 0.6) is 23.0 Å². The van der Waals surface area contributed by atoms with Gasteiger partial charge in [-0.25, -0.2) is 4.68 Å². The lowest BCUT2D eigenvalue weighted by molar-refractivity contribution is 0.0276. The second-order valence-electron chi connectivity index (χ2n) is 10.4. The highest BCUT2D eigenvalue weighted by Crippen LogP contribution is 2.37. The first-order valence-electron chi connectivity index (χ1n) is 13.3. The third-order valence-corrected chi connectivity index (χ3v) is 6.69. The van der Waals surface area contributed by atoms with Gasteiger partial charge in [0.15, 0.2) is 11.5 Å².